The third-order valence-electron chi connectivity index (χ3n) is 7.57. The molecular weight excluding hydrogens is 498 g/mol. The molecule has 0 spiro atoms. The Kier molecular flexibility index (Phi) is 8.75. The van der Waals surface area contributed by atoms with Crippen molar-refractivity contribution in [3.8, 4) is 22.3 Å². The Balaban J connectivity index is 1.46. The van der Waals surface area contributed by atoms with Crippen molar-refractivity contribution in [2.45, 2.75) is 64.0 Å². The van der Waals surface area contributed by atoms with Crippen LogP contribution >= 0.6 is 0 Å². The average Bonchev–Trinajstić information content (AvgIpc) is 2.92. The second kappa shape index (κ2) is 12.0. The van der Waals surface area contributed by atoms with Crippen LogP contribution in [0.4, 0.5) is 14.6 Å². The molecule has 1 fully saturated rings. The maximum absolute atomic E-state index is 12.9. The van der Waals surface area contributed by atoms with Gasteiger partial charge in [0.1, 0.15) is 5.82 Å². The molecule has 0 bridgehead atoms. The minimum atomic E-state index is -2.99. The highest BCUT2D eigenvalue weighted by atomic mass is 19.3. The smallest absolute Gasteiger partial charge is 0.315 e. The van der Waals surface area contributed by atoms with Gasteiger partial charge in [-0.25, -0.2) is 4.98 Å². The van der Waals surface area contributed by atoms with Gasteiger partial charge in [-0.15, -0.1) is 0 Å². The monoisotopic (exact) mass is 534 g/mol. The average molecular weight is 535 g/mol. The Morgan fingerprint density at radius 3 is 2.21 bits per heavy atom. The van der Waals surface area contributed by atoms with Crippen LogP contribution in [0.15, 0.2) is 66.9 Å². The second-order valence-electron chi connectivity index (χ2n) is 11.0. The van der Waals surface area contributed by atoms with Gasteiger partial charge < -0.3 is 16.0 Å². The van der Waals surface area contributed by atoms with Gasteiger partial charge in [0, 0.05) is 36.8 Å². The first-order chi connectivity index (χ1) is 18.5. The zero-order valence-electron chi connectivity index (χ0n) is 22.7. The molecule has 39 heavy (non-hydrogen) atoms. The van der Waals surface area contributed by atoms with Crippen LogP contribution in [0, 0.1) is 5.92 Å². The Morgan fingerprint density at radius 1 is 1.00 bits per heavy atom. The van der Waals surface area contributed by atoms with Crippen molar-refractivity contribution in [2.24, 2.45) is 11.7 Å². The minimum absolute atomic E-state index is 0.134. The van der Waals surface area contributed by atoms with Gasteiger partial charge in [-0.05, 0) is 73.8 Å². The van der Waals surface area contributed by atoms with E-state index < -0.39 is 17.9 Å². The summed E-state index contributed by atoms with van der Waals surface area (Å²) in [4.78, 5) is 30.2. The molecule has 0 aliphatic heterocycles. The standard InChI is InChI=1S/C31H36F2N4O2/c1-31(2,34)23-13-11-22(12-14-23)26-19-35-27(18-25(26)21-7-5-4-6-8-21)36-28(38)17-20-9-15-24(16-10-20)37(3)30(39)29(32)33/h4-8,11-14,18-20,24,29H,9-10,15-17,34H2,1-3H3,(H,35,36,38)/t20-,24-. The number of aromatic nitrogens is 1. The van der Waals surface area contributed by atoms with Crippen molar-refractivity contribution in [3.05, 3.63) is 72.4 Å². The number of nitrogens with zero attached hydrogens (tertiary/aromatic N) is 2. The number of carbonyl (C=O) groups is 2. The number of amides is 2. The van der Waals surface area contributed by atoms with Gasteiger partial charge in [-0.1, -0.05) is 54.6 Å². The van der Waals surface area contributed by atoms with Crippen LogP contribution in [0.3, 0.4) is 0 Å². The first kappa shape index (κ1) is 28.4. The highest BCUT2D eigenvalue weighted by Crippen LogP contribution is 2.35. The van der Waals surface area contributed by atoms with Crippen LogP contribution in [0.2, 0.25) is 0 Å². The molecule has 206 valence electrons. The predicted octanol–water partition coefficient (Wildman–Crippen LogP) is 6.22. The molecule has 3 aromatic rings. The molecule has 2 aromatic carbocycles. The minimum Gasteiger partial charge on any atom is -0.338 e. The quantitative estimate of drug-likeness (QED) is 0.359. The zero-order valence-corrected chi connectivity index (χ0v) is 22.7. The van der Waals surface area contributed by atoms with E-state index in [1.807, 2.05) is 74.5 Å². The first-order valence-electron chi connectivity index (χ1n) is 13.3. The fourth-order valence-corrected chi connectivity index (χ4v) is 5.22. The fourth-order valence-electron chi connectivity index (χ4n) is 5.22. The zero-order chi connectivity index (χ0) is 28.2. The maximum Gasteiger partial charge on any atom is 0.315 e. The van der Waals surface area contributed by atoms with Crippen molar-refractivity contribution in [3.63, 3.8) is 0 Å². The number of benzene rings is 2. The summed E-state index contributed by atoms with van der Waals surface area (Å²) in [7, 11) is 1.43. The lowest BCUT2D eigenvalue weighted by Gasteiger charge is -2.34. The molecule has 3 N–H and O–H groups in total. The van der Waals surface area contributed by atoms with E-state index >= 15 is 0 Å². The van der Waals surface area contributed by atoms with E-state index in [2.05, 4.69) is 10.3 Å². The van der Waals surface area contributed by atoms with Crippen LogP contribution in [0.5, 0.6) is 0 Å². The number of nitrogens with two attached hydrogens (primary N) is 1. The summed E-state index contributed by atoms with van der Waals surface area (Å²) in [6.07, 6.45) is 1.74. The second-order valence-corrected chi connectivity index (χ2v) is 11.0. The lowest BCUT2D eigenvalue weighted by atomic mass is 9.83. The fraction of sp³-hybridized carbons (Fsp3) is 0.387. The Labute approximate surface area is 228 Å². The molecule has 0 atom stereocenters. The van der Waals surface area contributed by atoms with Gasteiger partial charge in [0.05, 0.1) is 0 Å². The number of anilines is 1. The summed E-state index contributed by atoms with van der Waals surface area (Å²) in [5.74, 6) is -0.670. The lowest BCUT2D eigenvalue weighted by Crippen LogP contribution is -2.42. The maximum atomic E-state index is 12.9. The Bertz CT molecular complexity index is 1280. The number of hydrogen-bond acceptors (Lipinski definition) is 4. The summed E-state index contributed by atoms with van der Waals surface area (Å²) in [6.45, 7) is 3.93. The number of halogens is 2. The Morgan fingerprint density at radius 2 is 1.62 bits per heavy atom. The van der Waals surface area contributed by atoms with Gasteiger partial charge >= 0.3 is 6.43 Å². The topological polar surface area (TPSA) is 88.3 Å². The molecule has 6 nitrogen and oxygen atoms in total. The predicted molar refractivity (Wildman–Crippen MR) is 150 cm³/mol. The van der Waals surface area contributed by atoms with E-state index in [0.29, 0.717) is 37.9 Å². The Hall–Kier alpha value is -3.65. The molecule has 4 rings (SSSR count). The molecule has 0 radical (unpaired) electrons. The molecule has 1 aliphatic carbocycles. The van der Waals surface area contributed by atoms with E-state index in [4.69, 9.17) is 5.73 Å². The summed E-state index contributed by atoms with van der Waals surface area (Å²) in [5.41, 5.74) is 10.7. The molecule has 1 aromatic heterocycles. The van der Waals surface area contributed by atoms with E-state index in [0.717, 1.165) is 32.7 Å². The van der Waals surface area contributed by atoms with Crippen molar-refractivity contribution in [1.82, 2.24) is 9.88 Å². The normalized spacial score (nSPS) is 17.6. The third-order valence-corrected chi connectivity index (χ3v) is 7.57. The molecule has 1 heterocycles. The lowest BCUT2D eigenvalue weighted by molar-refractivity contribution is -0.144. The number of rotatable bonds is 8. The van der Waals surface area contributed by atoms with Crippen LogP contribution in [0.1, 0.15) is 51.5 Å². The van der Waals surface area contributed by atoms with E-state index in [9.17, 15) is 18.4 Å². The van der Waals surface area contributed by atoms with Gasteiger partial charge in [-0.2, -0.15) is 8.78 Å². The van der Waals surface area contributed by atoms with E-state index in [-0.39, 0.29) is 17.9 Å². The van der Waals surface area contributed by atoms with Crippen LogP contribution < -0.4 is 11.1 Å². The van der Waals surface area contributed by atoms with Crippen LogP contribution in [0.25, 0.3) is 22.3 Å². The number of carbonyl (C=O) groups excluding carboxylic acids is 2. The summed E-state index contributed by atoms with van der Waals surface area (Å²) >= 11 is 0. The molecule has 0 unspecified atom stereocenters. The SMILES string of the molecule is CN(C(=O)C(F)F)[C@H]1CC[C@H](CC(=O)Nc2cc(-c3ccccc3)c(-c3ccc(C(C)(C)N)cc3)cn2)CC1. The number of pyridine rings is 1. The van der Waals surface area contributed by atoms with E-state index in [1.165, 1.54) is 7.05 Å². The van der Waals surface area contributed by atoms with Gasteiger partial charge in [0.15, 0.2) is 0 Å². The van der Waals surface area contributed by atoms with Crippen molar-refractivity contribution >= 4 is 17.6 Å². The molecule has 2 amide bonds. The largest absolute Gasteiger partial charge is 0.338 e. The molecule has 8 heteroatoms. The molecule has 1 saturated carbocycles. The van der Waals surface area contributed by atoms with Gasteiger partial charge in [0.2, 0.25) is 5.91 Å². The molecular formula is C31H36F2N4O2. The van der Waals surface area contributed by atoms with Crippen LogP contribution in [-0.2, 0) is 15.1 Å². The highest BCUT2D eigenvalue weighted by Gasteiger charge is 2.31. The third kappa shape index (κ3) is 7.06. The highest BCUT2D eigenvalue weighted by molar-refractivity contribution is 5.92. The van der Waals surface area contributed by atoms with Crippen molar-refractivity contribution in [1.29, 1.82) is 0 Å². The number of hydrogen-bond donors (Lipinski definition) is 2. The van der Waals surface area contributed by atoms with Gasteiger partial charge in [0.25, 0.3) is 5.91 Å². The van der Waals surface area contributed by atoms with Crippen molar-refractivity contribution in [2.75, 3.05) is 12.4 Å². The molecule has 0 saturated heterocycles. The van der Waals surface area contributed by atoms with Crippen molar-refractivity contribution < 1.29 is 18.4 Å². The van der Waals surface area contributed by atoms with Gasteiger partial charge in [-0.3, -0.25) is 9.59 Å². The van der Waals surface area contributed by atoms with Crippen LogP contribution in [-0.4, -0.2) is 41.2 Å². The molecule has 1 aliphatic rings. The summed E-state index contributed by atoms with van der Waals surface area (Å²) in [5, 5.41) is 2.94. The summed E-state index contributed by atoms with van der Waals surface area (Å²) in [6, 6.07) is 19.8. The number of alkyl halides is 2. The van der Waals surface area contributed by atoms with E-state index in [1.54, 1.807) is 6.20 Å². The number of nitrogens with one attached hydrogen (secondary N) is 1. The summed E-state index contributed by atoms with van der Waals surface area (Å²) < 4.78 is 25.5. The first-order valence-corrected chi connectivity index (χ1v) is 13.3.